The number of anilines is 1. The number of urea groups is 1. The Morgan fingerprint density at radius 3 is 3.06 bits per heavy atom. The number of hydrogen-bond donors (Lipinski definition) is 2. The first-order valence-electron chi connectivity index (χ1n) is 5.61. The zero-order valence-corrected chi connectivity index (χ0v) is 10.7. The van der Waals surface area contributed by atoms with Crippen molar-refractivity contribution in [2.24, 2.45) is 0 Å². The van der Waals surface area contributed by atoms with Gasteiger partial charge < -0.3 is 10.6 Å². The number of hydrogen-bond acceptors (Lipinski definition) is 3. The van der Waals surface area contributed by atoms with Gasteiger partial charge in [0.05, 0.1) is 15.2 Å². The van der Waals surface area contributed by atoms with Crippen molar-refractivity contribution < 1.29 is 4.79 Å². The average molecular weight is 249 g/mol. The average Bonchev–Trinajstić information content (AvgIpc) is 2.65. The van der Waals surface area contributed by atoms with Crippen molar-refractivity contribution in [3.63, 3.8) is 0 Å². The molecule has 0 bridgehead atoms. The Kier molecular flexibility index (Phi) is 3.58. The molecule has 0 aliphatic carbocycles. The topological polar surface area (TPSA) is 54.0 Å². The summed E-state index contributed by atoms with van der Waals surface area (Å²) in [6.45, 7) is 4.68. The molecule has 4 nitrogen and oxygen atoms in total. The Bertz CT molecular complexity index is 536. The molecular weight excluding hydrogens is 234 g/mol. The van der Waals surface area contributed by atoms with Gasteiger partial charge in [0.25, 0.3) is 0 Å². The first-order valence-corrected chi connectivity index (χ1v) is 6.42. The number of nitrogens with zero attached hydrogens (tertiary/aromatic N) is 1. The van der Waals surface area contributed by atoms with Crippen molar-refractivity contribution in [1.82, 2.24) is 10.3 Å². The van der Waals surface area contributed by atoms with E-state index in [-0.39, 0.29) is 6.03 Å². The number of nitrogens with one attached hydrogen (secondary N) is 2. The van der Waals surface area contributed by atoms with Crippen molar-refractivity contribution >= 4 is 33.3 Å². The third-order valence-corrected chi connectivity index (χ3v) is 3.24. The number of benzene rings is 1. The van der Waals surface area contributed by atoms with Gasteiger partial charge in [-0.2, -0.15) is 0 Å². The number of fused-ring (bicyclic) bond motifs is 1. The molecule has 0 radical (unpaired) electrons. The highest BCUT2D eigenvalue weighted by Gasteiger charge is 2.04. The fourth-order valence-corrected chi connectivity index (χ4v) is 2.34. The number of rotatable bonds is 3. The highest BCUT2D eigenvalue weighted by Crippen LogP contribution is 2.24. The third kappa shape index (κ3) is 2.94. The van der Waals surface area contributed by atoms with Gasteiger partial charge >= 0.3 is 6.03 Å². The van der Waals surface area contributed by atoms with Crippen LogP contribution in [-0.4, -0.2) is 17.6 Å². The lowest BCUT2D eigenvalue weighted by molar-refractivity contribution is 0.252. The maximum absolute atomic E-state index is 11.5. The van der Waals surface area contributed by atoms with Gasteiger partial charge in [-0.1, -0.05) is 6.92 Å². The van der Waals surface area contributed by atoms with Crippen LogP contribution >= 0.6 is 11.3 Å². The molecule has 0 aliphatic rings. The van der Waals surface area contributed by atoms with Gasteiger partial charge in [-0.3, -0.25) is 0 Å². The zero-order chi connectivity index (χ0) is 12.3. The van der Waals surface area contributed by atoms with E-state index >= 15 is 0 Å². The van der Waals surface area contributed by atoms with Gasteiger partial charge in [0.2, 0.25) is 0 Å². The molecule has 2 rings (SSSR count). The molecule has 1 heterocycles. The number of carbonyl (C=O) groups is 1. The molecule has 0 saturated carbocycles. The van der Waals surface area contributed by atoms with Gasteiger partial charge in [-0.15, -0.1) is 11.3 Å². The molecule has 17 heavy (non-hydrogen) atoms. The number of carbonyl (C=O) groups excluding carboxylic acids is 1. The summed E-state index contributed by atoms with van der Waals surface area (Å²) >= 11 is 1.65. The van der Waals surface area contributed by atoms with Crippen LogP contribution in [0.3, 0.4) is 0 Å². The molecule has 90 valence electrons. The van der Waals surface area contributed by atoms with E-state index in [1.54, 1.807) is 11.3 Å². The first kappa shape index (κ1) is 11.9. The standard InChI is InChI=1S/C12H15N3OS/c1-3-6-13-12(16)15-9-4-5-11-10(7-9)14-8(2)17-11/h4-5,7H,3,6H2,1-2H3,(H2,13,15,16). The number of amides is 2. The van der Waals surface area contributed by atoms with Crippen molar-refractivity contribution in [2.45, 2.75) is 20.3 Å². The van der Waals surface area contributed by atoms with Gasteiger partial charge in [0.1, 0.15) is 0 Å². The lowest BCUT2D eigenvalue weighted by atomic mass is 10.3. The highest BCUT2D eigenvalue weighted by atomic mass is 32.1. The minimum atomic E-state index is -0.168. The molecule has 0 fully saturated rings. The molecule has 0 aliphatic heterocycles. The largest absolute Gasteiger partial charge is 0.338 e. The van der Waals surface area contributed by atoms with E-state index in [2.05, 4.69) is 15.6 Å². The Morgan fingerprint density at radius 2 is 2.29 bits per heavy atom. The van der Waals surface area contributed by atoms with Gasteiger partial charge in [-0.25, -0.2) is 9.78 Å². The predicted octanol–water partition coefficient (Wildman–Crippen LogP) is 3.14. The highest BCUT2D eigenvalue weighted by molar-refractivity contribution is 7.18. The summed E-state index contributed by atoms with van der Waals surface area (Å²) in [5, 5.41) is 6.59. The van der Waals surface area contributed by atoms with Crippen molar-refractivity contribution in [1.29, 1.82) is 0 Å². The Hall–Kier alpha value is -1.62. The van der Waals surface area contributed by atoms with Crippen LogP contribution in [0.2, 0.25) is 0 Å². The van der Waals surface area contributed by atoms with Gasteiger partial charge in [0, 0.05) is 12.2 Å². The number of aryl methyl sites for hydroxylation is 1. The second-order valence-electron chi connectivity index (χ2n) is 3.80. The summed E-state index contributed by atoms with van der Waals surface area (Å²) in [6, 6.07) is 5.60. The van der Waals surface area contributed by atoms with Crippen LogP contribution in [0.15, 0.2) is 18.2 Å². The van der Waals surface area contributed by atoms with E-state index in [1.165, 1.54) is 0 Å². The maximum Gasteiger partial charge on any atom is 0.319 e. The third-order valence-electron chi connectivity index (χ3n) is 2.29. The number of aromatic nitrogens is 1. The van der Waals surface area contributed by atoms with Crippen LogP contribution in [0.5, 0.6) is 0 Å². The fraction of sp³-hybridized carbons (Fsp3) is 0.333. The van der Waals surface area contributed by atoms with E-state index in [0.717, 1.165) is 27.3 Å². The van der Waals surface area contributed by atoms with Gasteiger partial charge in [-0.05, 0) is 31.5 Å². The van der Waals surface area contributed by atoms with E-state index < -0.39 is 0 Å². The van der Waals surface area contributed by atoms with Crippen LogP contribution in [0.4, 0.5) is 10.5 Å². The molecule has 1 aromatic carbocycles. The zero-order valence-electron chi connectivity index (χ0n) is 9.91. The maximum atomic E-state index is 11.5. The van der Waals surface area contributed by atoms with Crippen molar-refractivity contribution in [3.8, 4) is 0 Å². The quantitative estimate of drug-likeness (QED) is 0.878. The first-order chi connectivity index (χ1) is 8.19. The van der Waals surface area contributed by atoms with Crippen LogP contribution in [-0.2, 0) is 0 Å². The number of thiazole rings is 1. The molecule has 0 spiro atoms. The van der Waals surface area contributed by atoms with E-state index in [4.69, 9.17) is 0 Å². The fourth-order valence-electron chi connectivity index (χ4n) is 1.53. The lowest BCUT2D eigenvalue weighted by Gasteiger charge is -2.06. The molecule has 5 heteroatoms. The molecular formula is C12H15N3OS. The summed E-state index contributed by atoms with van der Waals surface area (Å²) in [6.07, 6.45) is 0.928. The summed E-state index contributed by atoms with van der Waals surface area (Å²) in [4.78, 5) is 15.9. The van der Waals surface area contributed by atoms with Crippen LogP contribution in [0.25, 0.3) is 10.2 Å². The molecule has 1 aromatic heterocycles. The minimum Gasteiger partial charge on any atom is -0.338 e. The van der Waals surface area contributed by atoms with Gasteiger partial charge in [0.15, 0.2) is 0 Å². The minimum absolute atomic E-state index is 0.168. The molecule has 0 atom stereocenters. The Balaban J connectivity index is 2.10. The molecule has 0 unspecified atom stereocenters. The second-order valence-corrected chi connectivity index (χ2v) is 5.03. The van der Waals surface area contributed by atoms with E-state index in [9.17, 15) is 4.79 Å². The van der Waals surface area contributed by atoms with Crippen LogP contribution < -0.4 is 10.6 Å². The molecule has 2 N–H and O–H groups in total. The van der Waals surface area contributed by atoms with Crippen LogP contribution in [0.1, 0.15) is 18.4 Å². The Morgan fingerprint density at radius 1 is 1.47 bits per heavy atom. The molecule has 0 saturated heterocycles. The monoisotopic (exact) mass is 249 g/mol. The van der Waals surface area contributed by atoms with E-state index in [1.807, 2.05) is 32.0 Å². The normalized spacial score (nSPS) is 10.5. The predicted molar refractivity (Wildman–Crippen MR) is 71.7 cm³/mol. The van der Waals surface area contributed by atoms with Crippen LogP contribution in [0, 0.1) is 6.92 Å². The summed E-state index contributed by atoms with van der Waals surface area (Å²) in [5.41, 5.74) is 1.71. The van der Waals surface area contributed by atoms with Crippen molar-refractivity contribution in [2.75, 3.05) is 11.9 Å². The Labute approximate surface area is 104 Å². The summed E-state index contributed by atoms with van der Waals surface area (Å²) < 4.78 is 1.14. The van der Waals surface area contributed by atoms with Crippen molar-refractivity contribution in [3.05, 3.63) is 23.2 Å². The smallest absolute Gasteiger partial charge is 0.319 e. The SMILES string of the molecule is CCCNC(=O)Nc1ccc2sc(C)nc2c1. The lowest BCUT2D eigenvalue weighted by Crippen LogP contribution is -2.29. The van der Waals surface area contributed by atoms with E-state index in [0.29, 0.717) is 6.54 Å². The molecule has 2 aromatic rings. The second kappa shape index (κ2) is 5.14. The molecule has 2 amide bonds. The summed E-state index contributed by atoms with van der Waals surface area (Å²) in [5.74, 6) is 0. The summed E-state index contributed by atoms with van der Waals surface area (Å²) in [7, 11) is 0.